The van der Waals surface area contributed by atoms with E-state index in [4.69, 9.17) is 4.98 Å². The molecule has 1 aliphatic heterocycles. The Morgan fingerprint density at radius 3 is 2.91 bits per heavy atom. The maximum absolute atomic E-state index is 12.1. The number of aromatic nitrogens is 2. The lowest BCUT2D eigenvalue weighted by molar-refractivity contribution is 0.278. The Labute approximate surface area is 134 Å². The van der Waals surface area contributed by atoms with Gasteiger partial charge in [-0.2, -0.15) is 0 Å². The van der Waals surface area contributed by atoms with Crippen LogP contribution >= 0.6 is 11.3 Å². The van der Waals surface area contributed by atoms with Gasteiger partial charge >= 0.3 is 0 Å². The molecule has 1 aliphatic carbocycles. The van der Waals surface area contributed by atoms with Crippen LogP contribution in [-0.4, -0.2) is 46.8 Å². The van der Waals surface area contributed by atoms with E-state index in [9.17, 15) is 8.42 Å². The molecule has 0 radical (unpaired) electrons. The third-order valence-corrected chi connectivity index (χ3v) is 7.86. The monoisotopic (exact) mass is 339 g/mol. The van der Waals surface area contributed by atoms with E-state index in [0.29, 0.717) is 12.5 Å². The number of hydrogen-bond acceptors (Lipinski definition) is 5. The first-order valence-electron chi connectivity index (χ1n) is 7.93. The second-order valence-corrected chi connectivity index (χ2v) is 9.93. The van der Waals surface area contributed by atoms with Crippen LogP contribution in [-0.2, 0) is 16.4 Å². The summed E-state index contributed by atoms with van der Waals surface area (Å²) in [6, 6.07) is 0. The zero-order valence-electron chi connectivity index (χ0n) is 12.7. The van der Waals surface area contributed by atoms with E-state index >= 15 is 0 Å². The maximum atomic E-state index is 12.1. The molecule has 2 aliphatic rings. The third kappa shape index (κ3) is 2.59. The molecular weight excluding hydrogens is 318 g/mol. The van der Waals surface area contributed by atoms with E-state index in [1.807, 2.05) is 6.92 Å². The fourth-order valence-corrected chi connectivity index (χ4v) is 5.29. The molecule has 2 aromatic heterocycles. The highest BCUT2D eigenvalue weighted by atomic mass is 32.2. The summed E-state index contributed by atoms with van der Waals surface area (Å²) in [5.41, 5.74) is 2.51. The Balaban J connectivity index is 1.60. The molecule has 22 heavy (non-hydrogen) atoms. The minimum atomic E-state index is -2.92. The van der Waals surface area contributed by atoms with Gasteiger partial charge in [-0.15, -0.1) is 11.3 Å². The van der Waals surface area contributed by atoms with Crippen LogP contribution in [0.2, 0.25) is 0 Å². The molecule has 0 spiro atoms. The highest BCUT2D eigenvalue weighted by molar-refractivity contribution is 7.92. The topological polar surface area (TPSA) is 54.7 Å². The number of fused-ring (bicyclic) bond motifs is 1. The normalized spacial score (nSPS) is 26.3. The second-order valence-electron chi connectivity index (χ2n) is 6.52. The van der Waals surface area contributed by atoms with Gasteiger partial charge in [0.2, 0.25) is 0 Å². The highest BCUT2D eigenvalue weighted by Gasteiger charge is 2.32. The molecule has 4 rings (SSSR count). The average Bonchev–Trinajstić information content (AvgIpc) is 3.15. The fraction of sp³-hybridized carbons (Fsp3) is 0.667. The molecule has 0 aromatic carbocycles. The van der Waals surface area contributed by atoms with Gasteiger partial charge in [0.05, 0.1) is 22.4 Å². The molecule has 5 nitrogen and oxygen atoms in total. The summed E-state index contributed by atoms with van der Waals surface area (Å²) in [7, 11) is -2.92. The minimum absolute atomic E-state index is 0.216. The molecular formula is C15H21N3O2S2. The highest BCUT2D eigenvalue weighted by Crippen LogP contribution is 2.42. The maximum Gasteiger partial charge on any atom is 0.194 e. The summed E-state index contributed by atoms with van der Waals surface area (Å²) in [5.74, 6) is 0.898. The number of thiazole rings is 1. The molecule has 1 saturated heterocycles. The van der Waals surface area contributed by atoms with E-state index in [1.165, 1.54) is 24.2 Å². The van der Waals surface area contributed by atoms with Crippen molar-refractivity contribution >= 4 is 26.1 Å². The largest absolute Gasteiger partial charge is 0.296 e. The van der Waals surface area contributed by atoms with Gasteiger partial charge in [0.1, 0.15) is 0 Å². The SMILES string of the molecule is C[C@H]1CCN(Cc2c(C3CC3)nc3sccn23)CCS1(=O)=O. The van der Waals surface area contributed by atoms with Crippen molar-refractivity contribution in [3.8, 4) is 0 Å². The lowest BCUT2D eigenvalue weighted by Gasteiger charge is -2.19. The van der Waals surface area contributed by atoms with Crippen LogP contribution in [0, 0.1) is 0 Å². The Morgan fingerprint density at radius 2 is 2.14 bits per heavy atom. The van der Waals surface area contributed by atoms with Crippen LogP contribution in [0.1, 0.15) is 43.5 Å². The molecule has 1 atom stereocenters. The predicted octanol–water partition coefficient (Wildman–Crippen LogP) is 2.28. The van der Waals surface area contributed by atoms with Gasteiger partial charge in [-0.1, -0.05) is 0 Å². The number of hydrogen-bond donors (Lipinski definition) is 0. The minimum Gasteiger partial charge on any atom is -0.296 e. The van der Waals surface area contributed by atoms with Gasteiger partial charge in [-0.25, -0.2) is 13.4 Å². The lowest BCUT2D eigenvalue weighted by atomic mass is 10.2. The van der Waals surface area contributed by atoms with Crippen molar-refractivity contribution in [2.75, 3.05) is 18.8 Å². The van der Waals surface area contributed by atoms with Crippen molar-refractivity contribution in [3.63, 3.8) is 0 Å². The summed E-state index contributed by atoms with van der Waals surface area (Å²) in [6.45, 7) is 4.13. The molecule has 2 fully saturated rings. The van der Waals surface area contributed by atoms with Gasteiger partial charge in [0, 0.05) is 30.6 Å². The van der Waals surface area contributed by atoms with Gasteiger partial charge in [-0.05, 0) is 32.7 Å². The predicted molar refractivity (Wildman–Crippen MR) is 88.2 cm³/mol. The van der Waals surface area contributed by atoms with E-state index in [-0.39, 0.29) is 11.0 Å². The van der Waals surface area contributed by atoms with Crippen molar-refractivity contribution in [3.05, 3.63) is 23.0 Å². The number of imidazole rings is 1. The summed E-state index contributed by atoms with van der Waals surface area (Å²) < 4.78 is 26.3. The van der Waals surface area contributed by atoms with Crippen molar-refractivity contribution in [1.82, 2.24) is 14.3 Å². The Hall–Kier alpha value is -0.920. The van der Waals surface area contributed by atoms with Crippen molar-refractivity contribution in [2.45, 2.75) is 43.9 Å². The first-order valence-corrected chi connectivity index (χ1v) is 10.5. The van der Waals surface area contributed by atoms with Crippen LogP contribution in [0.4, 0.5) is 0 Å². The van der Waals surface area contributed by atoms with E-state index in [1.54, 1.807) is 11.3 Å². The van der Waals surface area contributed by atoms with E-state index in [2.05, 4.69) is 20.9 Å². The van der Waals surface area contributed by atoms with E-state index in [0.717, 1.165) is 24.5 Å². The standard InChI is InChI=1S/C15H21N3O2S2/c1-11-4-5-17(7-9-22(11,19)20)10-13-14(12-2-3-12)16-15-18(13)6-8-21-15/h6,8,11-12H,2-5,7,9-10H2,1H3/t11-/m0/s1. The van der Waals surface area contributed by atoms with Crippen LogP contribution in [0.25, 0.3) is 4.96 Å². The molecule has 0 unspecified atom stereocenters. The van der Waals surface area contributed by atoms with Crippen LogP contribution in [0.3, 0.4) is 0 Å². The first-order chi connectivity index (χ1) is 10.5. The smallest absolute Gasteiger partial charge is 0.194 e. The van der Waals surface area contributed by atoms with E-state index < -0.39 is 9.84 Å². The zero-order valence-corrected chi connectivity index (χ0v) is 14.4. The average molecular weight is 339 g/mol. The molecule has 1 saturated carbocycles. The second kappa shape index (κ2) is 5.32. The van der Waals surface area contributed by atoms with Crippen molar-refractivity contribution in [1.29, 1.82) is 0 Å². The molecule has 0 amide bonds. The molecule has 120 valence electrons. The van der Waals surface area contributed by atoms with Crippen LogP contribution in [0.5, 0.6) is 0 Å². The molecule has 0 bridgehead atoms. The molecule has 7 heteroatoms. The third-order valence-electron chi connectivity index (χ3n) is 4.89. The van der Waals surface area contributed by atoms with Crippen molar-refractivity contribution in [2.24, 2.45) is 0 Å². The summed E-state index contributed by atoms with van der Waals surface area (Å²) in [5, 5.41) is 1.85. The van der Waals surface area contributed by atoms with Gasteiger partial charge in [0.15, 0.2) is 14.8 Å². The van der Waals surface area contributed by atoms with Gasteiger partial charge in [0.25, 0.3) is 0 Å². The molecule has 2 aromatic rings. The summed E-state index contributed by atoms with van der Waals surface area (Å²) in [4.78, 5) is 8.15. The van der Waals surface area contributed by atoms with Gasteiger partial charge in [-0.3, -0.25) is 9.30 Å². The zero-order chi connectivity index (χ0) is 15.3. The van der Waals surface area contributed by atoms with Gasteiger partial charge < -0.3 is 0 Å². The Kier molecular flexibility index (Phi) is 3.54. The Bertz CT molecular complexity index is 789. The number of nitrogens with zero attached hydrogens (tertiary/aromatic N) is 3. The fourth-order valence-electron chi connectivity index (χ4n) is 3.17. The van der Waals surface area contributed by atoms with Crippen LogP contribution in [0.15, 0.2) is 11.6 Å². The van der Waals surface area contributed by atoms with Crippen molar-refractivity contribution < 1.29 is 8.42 Å². The molecule has 3 heterocycles. The van der Waals surface area contributed by atoms with Crippen LogP contribution < -0.4 is 0 Å². The lowest BCUT2D eigenvalue weighted by Crippen LogP contribution is -2.27. The quantitative estimate of drug-likeness (QED) is 0.861. The first kappa shape index (κ1) is 14.7. The Morgan fingerprint density at radius 1 is 1.32 bits per heavy atom. The summed E-state index contributed by atoms with van der Waals surface area (Å²) >= 11 is 1.67. The summed E-state index contributed by atoms with van der Waals surface area (Å²) in [6.07, 6.45) is 5.30. The number of rotatable bonds is 3. The molecule has 0 N–H and O–H groups in total. The number of sulfone groups is 1.